The number of rotatable bonds is 3. The number of carbonyl (C=O) groups is 1. The zero-order valence-corrected chi connectivity index (χ0v) is 10.7. The molecule has 18 heavy (non-hydrogen) atoms. The Hall–Kier alpha value is -2.04. The maximum atomic E-state index is 11.9. The third-order valence-electron chi connectivity index (χ3n) is 2.72. The summed E-state index contributed by atoms with van der Waals surface area (Å²) in [5, 5.41) is 2.83. The van der Waals surface area contributed by atoms with E-state index in [1.165, 1.54) is 4.57 Å². The van der Waals surface area contributed by atoms with E-state index in [1.54, 1.807) is 25.2 Å². The van der Waals surface area contributed by atoms with Crippen LogP contribution in [0.5, 0.6) is 0 Å². The van der Waals surface area contributed by atoms with E-state index in [4.69, 9.17) is 4.42 Å². The molecule has 2 aromatic rings. The third kappa shape index (κ3) is 2.30. The van der Waals surface area contributed by atoms with Crippen LogP contribution in [0.15, 0.2) is 27.4 Å². The van der Waals surface area contributed by atoms with E-state index in [0.29, 0.717) is 29.1 Å². The Morgan fingerprint density at radius 1 is 1.44 bits per heavy atom. The van der Waals surface area contributed by atoms with E-state index in [-0.39, 0.29) is 5.91 Å². The van der Waals surface area contributed by atoms with Gasteiger partial charge in [-0.1, -0.05) is 13.8 Å². The fourth-order valence-corrected chi connectivity index (χ4v) is 1.67. The predicted octanol–water partition coefficient (Wildman–Crippen LogP) is 1.52. The maximum Gasteiger partial charge on any atom is 0.419 e. The highest BCUT2D eigenvalue weighted by atomic mass is 16.4. The largest absolute Gasteiger partial charge is 0.419 e. The number of benzene rings is 1. The molecule has 0 aliphatic carbocycles. The van der Waals surface area contributed by atoms with Gasteiger partial charge in [-0.15, -0.1) is 0 Å². The number of aromatic nitrogens is 1. The maximum absolute atomic E-state index is 11.9. The van der Waals surface area contributed by atoms with Gasteiger partial charge < -0.3 is 9.73 Å². The number of nitrogens with one attached hydrogen (secondary N) is 1. The minimum absolute atomic E-state index is 0.140. The zero-order valence-electron chi connectivity index (χ0n) is 10.7. The van der Waals surface area contributed by atoms with Gasteiger partial charge in [0.2, 0.25) is 0 Å². The van der Waals surface area contributed by atoms with Crippen LogP contribution in [0.1, 0.15) is 24.2 Å². The lowest BCUT2D eigenvalue weighted by molar-refractivity contribution is 0.0949. The minimum atomic E-state index is -0.426. The van der Waals surface area contributed by atoms with Gasteiger partial charge in [0.15, 0.2) is 5.58 Å². The average Bonchev–Trinajstić information content (AvgIpc) is 2.62. The van der Waals surface area contributed by atoms with Gasteiger partial charge in [-0.3, -0.25) is 9.36 Å². The van der Waals surface area contributed by atoms with Crippen molar-refractivity contribution in [2.75, 3.05) is 6.54 Å². The lowest BCUT2D eigenvalue weighted by atomic mass is 10.1. The molecule has 0 aliphatic rings. The van der Waals surface area contributed by atoms with Gasteiger partial charge >= 0.3 is 5.76 Å². The molecule has 0 saturated heterocycles. The molecule has 0 radical (unpaired) electrons. The van der Waals surface area contributed by atoms with Crippen LogP contribution in [0.3, 0.4) is 0 Å². The van der Waals surface area contributed by atoms with Gasteiger partial charge in [0.1, 0.15) is 0 Å². The van der Waals surface area contributed by atoms with Gasteiger partial charge in [0.05, 0.1) is 5.52 Å². The first-order valence-electron chi connectivity index (χ1n) is 5.87. The molecular formula is C13H16N2O3. The smallest absolute Gasteiger partial charge is 0.408 e. The Balaban J connectivity index is 2.32. The molecule has 0 atom stereocenters. The molecule has 0 bridgehead atoms. The number of carbonyl (C=O) groups excluding carboxylic acids is 1. The summed E-state index contributed by atoms with van der Waals surface area (Å²) in [7, 11) is 1.62. The van der Waals surface area contributed by atoms with Crippen molar-refractivity contribution >= 4 is 17.0 Å². The normalized spacial score (nSPS) is 11.1. The standard InChI is InChI=1S/C13H16N2O3/c1-8(2)7-14-12(16)9-4-5-11-10(6-9)15(3)13(17)18-11/h4-6,8H,7H2,1-3H3,(H,14,16). The molecule has 1 heterocycles. The lowest BCUT2D eigenvalue weighted by Gasteiger charge is -2.07. The number of aryl methyl sites for hydroxylation is 1. The van der Waals surface area contributed by atoms with Crippen molar-refractivity contribution < 1.29 is 9.21 Å². The Labute approximate surface area is 104 Å². The van der Waals surface area contributed by atoms with Crippen LogP contribution in [0.2, 0.25) is 0 Å². The first-order valence-corrected chi connectivity index (χ1v) is 5.87. The number of oxazole rings is 1. The van der Waals surface area contributed by atoms with Crippen molar-refractivity contribution in [2.45, 2.75) is 13.8 Å². The molecule has 1 amide bonds. The molecular weight excluding hydrogens is 232 g/mol. The van der Waals surface area contributed by atoms with Crippen LogP contribution in [0, 0.1) is 5.92 Å². The van der Waals surface area contributed by atoms with E-state index >= 15 is 0 Å². The van der Waals surface area contributed by atoms with Gasteiger partial charge in [-0.2, -0.15) is 0 Å². The molecule has 0 aliphatic heterocycles. The predicted molar refractivity (Wildman–Crippen MR) is 68.6 cm³/mol. The van der Waals surface area contributed by atoms with Crippen molar-refractivity contribution in [3.8, 4) is 0 Å². The van der Waals surface area contributed by atoms with Gasteiger partial charge in [-0.25, -0.2) is 4.79 Å². The summed E-state index contributed by atoms with van der Waals surface area (Å²) in [5.74, 6) is -0.167. The summed E-state index contributed by atoms with van der Waals surface area (Å²) in [6.07, 6.45) is 0. The van der Waals surface area contributed by atoms with Gasteiger partial charge in [0, 0.05) is 19.2 Å². The molecule has 2 rings (SSSR count). The molecule has 0 unspecified atom stereocenters. The SMILES string of the molecule is CC(C)CNC(=O)c1ccc2oc(=O)n(C)c2c1. The second kappa shape index (κ2) is 4.68. The fourth-order valence-electron chi connectivity index (χ4n) is 1.67. The topological polar surface area (TPSA) is 64.2 Å². The van der Waals surface area contributed by atoms with Crippen molar-refractivity contribution in [2.24, 2.45) is 13.0 Å². The number of amides is 1. The highest BCUT2D eigenvalue weighted by Gasteiger charge is 2.11. The number of fused-ring (bicyclic) bond motifs is 1. The second-order valence-electron chi connectivity index (χ2n) is 4.71. The van der Waals surface area contributed by atoms with Crippen molar-refractivity contribution in [1.82, 2.24) is 9.88 Å². The monoisotopic (exact) mass is 248 g/mol. The van der Waals surface area contributed by atoms with E-state index in [9.17, 15) is 9.59 Å². The fraction of sp³-hybridized carbons (Fsp3) is 0.385. The minimum Gasteiger partial charge on any atom is -0.408 e. The van der Waals surface area contributed by atoms with E-state index in [2.05, 4.69) is 5.32 Å². The first kappa shape index (κ1) is 12.4. The summed E-state index contributed by atoms with van der Waals surface area (Å²) < 4.78 is 6.39. The Kier molecular flexibility index (Phi) is 3.23. The average molecular weight is 248 g/mol. The molecule has 1 aromatic carbocycles. The van der Waals surface area contributed by atoms with Crippen molar-refractivity contribution in [3.05, 3.63) is 34.3 Å². The Morgan fingerprint density at radius 3 is 2.83 bits per heavy atom. The summed E-state index contributed by atoms with van der Waals surface area (Å²) in [5.41, 5.74) is 1.64. The quantitative estimate of drug-likeness (QED) is 0.895. The molecule has 5 heteroatoms. The van der Waals surface area contributed by atoms with Gasteiger partial charge in [-0.05, 0) is 24.1 Å². The highest BCUT2D eigenvalue weighted by Crippen LogP contribution is 2.14. The number of nitrogens with zero attached hydrogens (tertiary/aromatic N) is 1. The summed E-state index contributed by atoms with van der Waals surface area (Å²) in [6.45, 7) is 4.69. The second-order valence-corrected chi connectivity index (χ2v) is 4.71. The number of hydrogen-bond donors (Lipinski definition) is 1. The summed E-state index contributed by atoms with van der Waals surface area (Å²) in [6, 6.07) is 4.96. The van der Waals surface area contributed by atoms with Crippen molar-refractivity contribution in [3.63, 3.8) is 0 Å². The van der Waals surface area contributed by atoms with Crippen molar-refractivity contribution in [1.29, 1.82) is 0 Å². The molecule has 1 aromatic heterocycles. The van der Waals surface area contributed by atoms with Crippen LogP contribution in [0.25, 0.3) is 11.1 Å². The van der Waals surface area contributed by atoms with Crippen LogP contribution in [0.4, 0.5) is 0 Å². The lowest BCUT2D eigenvalue weighted by Crippen LogP contribution is -2.27. The summed E-state index contributed by atoms with van der Waals surface area (Å²) in [4.78, 5) is 23.2. The highest BCUT2D eigenvalue weighted by molar-refractivity contribution is 5.97. The van der Waals surface area contributed by atoms with Crippen LogP contribution in [-0.2, 0) is 7.05 Å². The van der Waals surface area contributed by atoms with Crippen LogP contribution >= 0.6 is 0 Å². The Morgan fingerprint density at radius 2 is 2.17 bits per heavy atom. The number of hydrogen-bond acceptors (Lipinski definition) is 3. The van der Waals surface area contributed by atoms with Crippen LogP contribution in [-0.4, -0.2) is 17.0 Å². The third-order valence-corrected chi connectivity index (χ3v) is 2.72. The molecule has 0 fully saturated rings. The van der Waals surface area contributed by atoms with E-state index in [0.717, 1.165) is 0 Å². The Bertz CT molecular complexity index is 637. The van der Waals surface area contributed by atoms with E-state index < -0.39 is 5.76 Å². The van der Waals surface area contributed by atoms with Crippen LogP contribution < -0.4 is 11.1 Å². The summed E-state index contributed by atoms with van der Waals surface area (Å²) >= 11 is 0. The molecule has 96 valence electrons. The zero-order chi connectivity index (χ0) is 13.3. The molecule has 5 nitrogen and oxygen atoms in total. The van der Waals surface area contributed by atoms with E-state index in [1.807, 2.05) is 13.8 Å². The molecule has 1 N–H and O–H groups in total. The molecule has 0 saturated carbocycles. The first-order chi connectivity index (χ1) is 8.49. The molecule has 0 spiro atoms. The van der Waals surface area contributed by atoms with Gasteiger partial charge in [0.25, 0.3) is 5.91 Å².